The van der Waals surface area contributed by atoms with Crippen LogP contribution in [0.4, 0.5) is 0 Å². The van der Waals surface area contributed by atoms with Crippen molar-refractivity contribution in [3.05, 3.63) is 89.5 Å². The van der Waals surface area contributed by atoms with Crippen LogP contribution in [0.3, 0.4) is 0 Å². The van der Waals surface area contributed by atoms with Gasteiger partial charge in [0.2, 0.25) is 0 Å². The van der Waals surface area contributed by atoms with Gasteiger partial charge in [0.15, 0.2) is 5.78 Å². The third-order valence-electron chi connectivity index (χ3n) is 11.6. The van der Waals surface area contributed by atoms with Gasteiger partial charge < -0.3 is 9.52 Å². The number of carbonyl (C=O) groups excluding carboxylic acids is 1. The standard InChI is InChI=1S/C32H30NOS.C15H28O2.Ir/c1-18(2)13-26-19(3)23-17-29-24(16-27(23)34-26)30-28(35-29)11-12-33-31(30)21-14-20-9-7-8-10-22(20)25(15-21)32(4,5)6;1-7-14(5,8-2)12(16)11-13(17)15(6,9-3)10-4;/h7-12,15-18H,13H2,1-6H3;11,16H,7-10H2,1-6H3;/q-1;;/b;12-11-;. The molecular formula is C47H58IrNO3S-. The Hall–Kier alpha value is -3.31. The van der Waals surface area contributed by atoms with E-state index in [1.165, 1.54) is 48.1 Å². The molecule has 0 unspecified atom stereocenters. The number of benzene rings is 3. The van der Waals surface area contributed by atoms with Crippen molar-refractivity contribution in [3.63, 3.8) is 0 Å². The summed E-state index contributed by atoms with van der Waals surface area (Å²) in [5, 5.41) is 16.2. The molecule has 0 fully saturated rings. The van der Waals surface area contributed by atoms with Crippen LogP contribution in [0.15, 0.2) is 71.0 Å². The third kappa shape index (κ3) is 8.51. The van der Waals surface area contributed by atoms with Crippen molar-refractivity contribution in [1.82, 2.24) is 4.98 Å². The van der Waals surface area contributed by atoms with Gasteiger partial charge in [0.1, 0.15) is 17.1 Å². The maximum absolute atomic E-state index is 12.2. The quantitative estimate of drug-likeness (QED) is 0.0845. The zero-order valence-corrected chi connectivity index (χ0v) is 37.1. The predicted molar refractivity (Wildman–Crippen MR) is 224 cm³/mol. The molecule has 0 saturated carbocycles. The van der Waals surface area contributed by atoms with Crippen molar-refractivity contribution in [2.24, 2.45) is 16.7 Å². The number of furan rings is 1. The number of aromatic nitrogens is 1. The van der Waals surface area contributed by atoms with Gasteiger partial charge in [0.25, 0.3) is 0 Å². The molecule has 0 aliphatic carbocycles. The van der Waals surface area contributed by atoms with Gasteiger partial charge >= 0.3 is 0 Å². The summed E-state index contributed by atoms with van der Waals surface area (Å²) in [5.41, 5.74) is 5.02. The summed E-state index contributed by atoms with van der Waals surface area (Å²) >= 11 is 1.84. The zero-order chi connectivity index (χ0) is 38.2. The second-order valence-electron chi connectivity index (χ2n) is 16.5. The number of aliphatic hydroxyl groups excluding tert-OH is 1. The number of allylic oxidation sites excluding steroid dienone is 2. The predicted octanol–water partition coefficient (Wildman–Crippen LogP) is 14.3. The molecule has 6 aromatic rings. The van der Waals surface area contributed by atoms with Crippen LogP contribution >= 0.6 is 11.3 Å². The minimum atomic E-state index is -0.337. The molecule has 4 nitrogen and oxygen atoms in total. The van der Waals surface area contributed by atoms with Crippen LogP contribution in [-0.4, -0.2) is 15.9 Å². The van der Waals surface area contributed by atoms with Crippen molar-refractivity contribution in [1.29, 1.82) is 0 Å². The molecule has 1 N–H and O–H groups in total. The minimum absolute atomic E-state index is 0. The summed E-state index contributed by atoms with van der Waals surface area (Å²) in [7, 11) is 0. The van der Waals surface area contributed by atoms with E-state index in [2.05, 4.69) is 96.1 Å². The Morgan fingerprint density at radius 1 is 0.887 bits per heavy atom. The van der Waals surface area contributed by atoms with Crippen molar-refractivity contribution in [2.75, 3.05) is 0 Å². The van der Waals surface area contributed by atoms with Crippen LogP contribution in [0.2, 0.25) is 0 Å². The van der Waals surface area contributed by atoms with Gasteiger partial charge in [-0.2, -0.15) is 0 Å². The molecule has 0 spiro atoms. The SMILES string of the molecule is CCC(C)(CC)C(=O)/C=C(\O)C(C)(CC)CC.Cc1c(CC(C)C)oc2cc3c(cc12)sc1ccnc(-c2[c-]c4ccccc4c(C(C)(C)C)c2)c13.[Ir]. The Morgan fingerprint density at radius 3 is 2.13 bits per heavy atom. The van der Waals surface area contributed by atoms with Gasteiger partial charge in [-0.05, 0) is 78.5 Å². The number of nitrogens with zero attached hydrogens (tertiary/aromatic N) is 1. The Kier molecular flexibility index (Phi) is 13.3. The number of rotatable bonds is 10. The van der Waals surface area contributed by atoms with E-state index < -0.39 is 0 Å². The van der Waals surface area contributed by atoms with Crippen LogP contribution in [-0.2, 0) is 36.7 Å². The number of hydrogen-bond acceptors (Lipinski definition) is 5. The molecule has 0 atom stereocenters. The average molecular weight is 909 g/mol. The maximum atomic E-state index is 12.2. The number of pyridine rings is 1. The summed E-state index contributed by atoms with van der Waals surface area (Å²) in [6.07, 6.45) is 7.65. The molecule has 3 aromatic carbocycles. The second-order valence-corrected chi connectivity index (χ2v) is 17.6. The Balaban J connectivity index is 0.000000299. The summed E-state index contributed by atoms with van der Waals surface area (Å²) in [5.74, 6) is 1.95. The van der Waals surface area contributed by atoms with Crippen molar-refractivity contribution in [2.45, 2.75) is 121 Å². The summed E-state index contributed by atoms with van der Waals surface area (Å²) in [4.78, 5) is 17.1. The summed E-state index contributed by atoms with van der Waals surface area (Å²) in [6, 6.07) is 21.2. The molecule has 6 heteroatoms. The van der Waals surface area contributed by atoms with Crippen molar-refractivity contribution < 1.29 is 34.4 Å². The first kappa shape index (κ1) is 42.4. The van der Waals surface area contributed by atoms with Crippen LogP contribution in [0.1, 0.15) is 119 Å². The molecule has 0 aliphatic heterocycles. The maximum Gasteiger partial charge on any atom is 0.164 e. The molecule has 1 radical (unpaired) electrons. The molecule has 0 amide bonds. The Morgan fingerprint density at radius 2 is 1.53 bits per heavy atom. The Labute approximate surface area is 334 Å². The molecule has 53 heavy (non-hydrogen) atoms. The van der Waals surface area contributed by atoms with E-state index in [9.17, 15) is 9.90 Å². The molecule has 3 heterocycles. The van der Waals surface area contributed by atoms with Gasteiger partial charge in [-0.1, -0.05) is 105 Å². The fourth-order valence-electron chi connectivity index (χ4n) is 6.92. The molecule has 3 aromatic heterocycles. The van der Waals surface area contributed by atoms with E-state index >= 15 is 0 Å². The number of fused-ring (bicyclic) bond motifs is 5. The topological polar surface area (TPSA) is 63.3 Å². The average Bonchev–Trinajstić information content (AvgIpc) is 3.64. The van der Waals surface area contributed by atoms with Crippen LogP contribution < -0.4 is 0 Å². The molecular weight excluding hydrogens is 851 g/mol. The largest absolute Gasteiger partial charge is 0.512 e. The molecule has 0 saturated heterocycles. The normalized spacial score (nSPS) is 12.8. The fourth-order valence-corrected chi connectivity index (χ4v) is 8.04. The smallest absolute Gasteiger partial charge is 0.164 e. The van der Waals surface area contributed by atoms with E-state index in [1.807, 2.05) is 59.1 Å². The van der Waals surface area contributed by atoms with Crippen LogP contribution in [0, 0.1) is 29.7 Å². The van der Waals surface area contributed by atoms with Crippen molar-refractivity contribution in [3.8, 4) is 11.3 Å². The Bertz CT molecular complexity index is 2260. The molecule has 6 rings (SSSR count). The fraction of sp³-hybridized carbons (Fsp3) is 0.447. The third-order valence-corrected chi connectivity index (χ3v) is 12.7. The van der Waals surface area contributed by atoms with Gasteiger partial charge in [0.05, 0.1) is 0 Å². The first-order valence-electron chi connectivity index (χ1n) is 19.1. The molecule has 285 valence electrons. The number of hydrogen-bond donors (Lipinski definition) is 1. The number of aryl methyl sites for hydroxylation is 1. The van der Waals surface area contributed by atoms with Gasteiger partial charge in [-0.25, -0.2) is 0 Å². The molecule has 0 aliphatic rings. The van der Waals surface area contributed by atoms with Gasteiger partial charge in [0, 0.05) is 70.1 Å². The minimum Gasteiger partial charge on any atom is -0.512 e. The van der Waals surface area contributed by atoms with E-state index in [0.717, 1.165) is 60.1 Å². The second kappa shape index (κ2) is 16.6. The van der Waals surface area contributed by atoms with Crippen LogP contribution in [0.25, 0.3) is 53.2 Å². The zero-order valence-electron chi connectivity index (χ0n) is 33.8. The van der Waals surface area contributed by atoms with Crippen LogP contribution in [0.5, 0.6) is 0 Å². The van der Waals surface area contributed by atoms with E-state index in [4.69, 9.17) is 9.40 Å². The first-order valence-corrected chi connectivity index (χ1v) is 20.0. The number of aliphatic hydroxyl groups is 1. The monoisotopic (exact) mass is 909 g/mol. The van der Waals surface area contributed by atoms with E-state index in [-0.39, 0.29) is 47.9 Å². The number of ketones is 1. The summed E-state index contributed by atoms with van der Waals surface area (Å²) < 4.78 is 8.90. The van der Waals surface area contributed by atoms with Gasteiger partial charge in [-0.15, -0.1) is 40.5 Å². The van der Waals surface area contributed by atoms with Crippen molar-refractivity contribution >= 4 is 59.0 Å². The van der Waals surface area contributed by atoms with E-state index in [0.29, 0.717) is 5.92 Å². The number of thiophene rings is 1. The first-order chi connectivity index (χ1) is 24.5. The number of carbonyl (C=O) groups is 1. The summed E-state index contributed by atoms with van der Waals surface area (Å²) in [6.45, 7) is 25.6. The van der Waals surface area contributed by atoms with Gasteiger partial charge in [-0.3, -0.25) is 9.78 Å². The molecule has 0 bridgehead atoms. The van der Waals surface area contributed by atoms with E-state index in [1.54, 1.807) is 0 Å².